The topological polar surface area (TPSA) is 58.6 Å². The fraction of sp³-hybridized carbons (Fsp3) is 0.467. The molecule has 0 saturated carbocycles. The van der Waals surface area contributed by atoms with E-state index < -0.39 is 0 Å². The van der Waals surface area contributed by atoms with Crippen molar-refractivity contribution in [3.8, 4) is 0 Å². The fourth-order valence-corrected chi connectivity index (χ4v) is 2.59. The van der Waals surface area contributed by atoms with E-state index in [1.165, 1.54) is 7.11 Å². The van der Waals surface area contributed by atoms with Gasteiger partial charge in [-0.1, -0.05) is 23.7 Å². The molecule has 21 heavy (non-hydrogen) atoms. The highest BCUT2D eigenvalue weighted by Crippen LogP contribution is 2.17. The molecule has 1 unspecified atom stereocenters. The zero-order valence-corrected chi connectivity index (χ0v) is 12.7. The number of nitrogens with zero attached hydrogens (tertiary/aromatic N) is 1. The van der Waals surface area contributed by atoms with E-state index in [9.17, 15) is 9.59 Å². The van der Waals surface area contributed by atoms with Gasteiger partial charge in [0.1, 0.15) is 6.04 Å². The number of methoxy groups -OCH3 is 1. The van der Waals surface area contributed by atoms with Gasteiger partial charge in [0.05, 0.1) is 13.7 Å². The smallest absolute Gasteiger partial charge is 0.323 e. The Morgan fingerprint density at radius 1 is 1.38 bits per heavy atom. The van der Waals surface area contributed by atoms with Crippen LogP contribution in [-0.4, -0.2) is 43.0 Å². The van der Waals surface area contributed by atoms with Crippen molar-refractivity contribution in [2.24, 2.45) is 0 Å². The summed E-state index contributed by atoms with van der Waals surface area (Å²) in [4.78, 5) is 25.4. The second-order valence-electron chi connectivity index (χ2n) is 5.05. The summed E-state index contributed by atoms with van der Waals surface area (Å²) in [6, 6.07) is 7.02. The van der Waals surface area contributed by atoms with Crippen LogP contribution in [0.25, 0.3) is 0 Å². The quantitative estimate of drug-likeness (QED) is 0.839. The minimum Gasteiger partial charge on any atom is -0.468 e. The number of rotatable bonds is 5. The van der Waals surface area contributed by atoms with Crippen molar-refractivity contribution in [2.45, 2.75) is 25.4 Å². The first kappa shape index (κ1) is 15.8. The van der Waals surface area contributed by atoms with Gasteiger partial charge in [-0.15, -0.1) is 0 Å². The molecule has 0 bridgehead atoms. The van der Waals surface area contributed by atoms with Crippen molar-refractivity contribution >= 4 is 23.5 Å². The summed E-state index contributed by atoms with van der Waals surface area (Å²) >= 11 is 5.81. The highest BCUT2D eigenvalue weighted by Gasteiger charge is 2.32. The Morgan fingerprint density at radius 2 is 2.10 bits per heavy atom. The number of likely N-dealkylation sites (tertiary alicyclic amines) is 1. The molecule has 1 aromatic rings. The van der Waals surface area contributed by atoms with E-state index in [1.54, 1.807) is 12.1 Å². The molecule has 0 spiro atoms. The summed E-state index contributed by atoms with van der Waals surface area (Å²) in [5.41, 5.74) is 0.985. The van der Waals surface area contributed by atoms with Gasteiger partial charge >= 0.3 is 5.97 Å². The van der Waals surface area contributed by atoms with Crippen molar-refractivity contribution in [1.82, 2.24) is 10.2 Å². The summed E-state index contributed by atoms with van der Waals surface area (Å²) in [6.07, 6.45) is 1.65. The molecule has 1 atom stereocenters. The van der Waals surface area contributed by atoms with Gasteiger partial charge in [-0.3, -0.25) is 14.5 Å². The van der Waals surface area contributed by atoms with Gasteiger partial charge in [0.15, 0.2) is 0 Å². The van der Waals surface area contributed by atoms with Gasteiger partial charge in [-0.2, -0.15) is 0 Å². The van der Waals surface area contributed by atoms with Gasteiger partial charge in [0.25, 0.3) is 0 Å². The number of carbonyl (C=O) groups excluding carboxylic acids is 2. The van der Waals surface area contributed by atoms with Crippen molar-refractivity contribution in [1.29, 1.82) is 0 Å². The molecule has 1 fully saturated rings. The summed E-state index contributed by atoms with van der Waals surface area (Å²) in [5.74, 6) is -0.362. The molecule has 1 heterocycles. The molecule has 5 nitrogen and oxygen atoms in total. The SMILES string of the molecule is COC(=O)C1CCCN1CC(=O)NCc1ccc(Cl)cc1. The lowest BCUT2D eigenvalue weighted by Gasteiger charge is -2.21. The standard InChI is InChI=1S/C15H19ClN2O3/c1-21-15(20)13-3-2-8-18(13)10-14(19)17-9-11-4-6-12(16)7-5-11/h4-7,13H,2-3,8-10H2,1H3,(H,17,19). The second kappa shape index (κ2) is 7.43. The van der Waals surface area contributed by atoms with Crippen LogP contribution in [0.5, 0.6) is 0 Å². The Balaban J connectivity index is 1.81. The Labute approximate surface area is 129 Å². The number of carbonyl (C=O) groups is 2. The van der Waals surface area contributed by atoms with E-state index in [0.717, 1.165) is 24.9 Å². The summed E-state index contributed by atoms with van der Waals surface area (Å²) in [6.45, 7) is 1.41. The number of amides is 1. The van der Waals surface area contributed by atoms with Crippen LogP contribution < -0.4 is 5.32 Å². The van der Waals surface area contributed by atoms with Gasteiger partial charge < -0.3 is 10.1 Å². The number of benzene rings is 1. The monoisotopic (exact) mass is 310 g/mol. The molecule has 1 N–H and O–H groups in total. The van der Waals surface area contributed by atoms with E-state index in [0.29, 0.717) is 11.6 Å². The zero-order chi connectivity index (χ0) is 15.2. The number of nitrogens with one attached hydrogen (secondary N) is 1. The van der Waals surface area contributed by atoms with Gasteiger partial charge in [-0.05, 0) is 37.1 Å². The molecule has 0 aromatic heterocycles. The fourth-order valence-electron chi connectivity index (χ4n) is 2.46. The minimum atomic E-state index is -0.295. The lowest BCUT2D eigenvalue weighted by atomic mass is 10.2. The molecule has 0 radical (unpaired) electrons. The van der Waals surface area contributed by atoms with Crippen LogP contribution in [0.15, 0.2) is 24.3 Å². The van der Waals surface area contributed by atoms with Crippen LogP contribution in [0.3, 0.4) is 0 Å². The Hall–Kier alpha value is -1.59. The molecule has 1 aliphatic heterocycles. The normalized spacial score (nSPS) is 18.5. The first-order valence-corrected chi connectivity index (χ1v) is 7.31. The van der Waals surface area contributed by atoms with E-state index >= 15 is 0 Å². The van der Waals surface area contributed by atoms with E-state index in [4.69, 9.17) is 16.3 Å². The first-order chi connectivity index (χ1) is 10.1. The van der Waals surface area contributed by atoms with Crippen LogP contribution in [0.4, 0.5) is 0 Å². The maximum Gasteiger partial charge on any atom is 0.323 e. The van der Waals surface area contributed by atoms with Gasteiger partial charge in [-0.25, -0.2) is 0 Å². The summed E-state index contributed by atoms with van der Waals surface area (Å²) < 4.78 is 4.76. The van der Waals surface area contributed by atoms with E-state index in [2.05, 4.69) is 5.32 Å². The average molecular weight is 311 g/mol. The van der Waals surface area contributed by atoms with Crippen LogP contribution >= 0.6 is 11.6 Å². The van der Waals surface area contributed by atoms with Crippen molar-refractivity contribution < 1.29 is 14.3 Å². The first-order valence-electron chi connectivity index (χ1n) is 6.93. The maximum absolute atomic E-state index is 12.0. The third-order valence-corrected chi connectivity index (χ3v) is 3.84. The molecular weight excluding hydrogens is 292 g/mol. The predicted molar refractivity (Wildman–Crippen MR) is 79.9 cm³/mol. The molecule has 1 amide bonds. The van der Waals surface area contributed by atoms with Crippen molar-refractivity contribution in [3.05, 3.63) is 34.9 Å². The molecule has 0 aliphatic carbocycles. The lowest BCUT2D eigenvalue weighted by Crippen LogP contribution is -2.43. The van der Waals surface area contributed by atoms with Crippen LogP contribution in [0.1, 0.15) is 18.4 Å². The number of hydrogen-bond donors (Lipinski definition) is 1. The highest BCUT2D eigenvalue weighted by atomic mass is 35.5. The third-order valence-electron chi connectivity index (χ3n) is 3.59. The number of halogens is 1. The zero-order valence-electron chi connectivity index (χ0n) is 12.0. The second-order valence-corrected chi connectivity index (χ2v) is 5.49. The molecule has 6 heteroatoms. The molecular formula is C15H19ClN2O3. The highest BCUT2D eigenvalue weighted by molar-refractivity contribution is 6.30. The number of esters is 1. The average Bonchev–Trinajstić information content (AvgIpc) is 2.94. The van der Waals surface area contributed by atoms with Crippen LogP contribution in [0, 0.1) is 0 Å². The predicted octanol–water partition coefficient (Wildman–Crippen LogP) is 1.59. The number of hydrogen-bond acceptors (Lipinski definition) is 4. The summed E-state index contributed by atoms with van der Waals surface area (Å²) in [5, 5.41) is 3.52. The maximum atomic E-state index is 12.0. The Kier molecular flexibility index (Phi) is 5.59. The van der Waals surface area contributed by atoms with Gasteiger partial charge in [0, 0.05) is 11.6 Å². The van der Waals surface area contributed by atoms with Crippen LogP contribution in [-0.2, 0) is 20.9 Å². The molecule has 1 aromatic carbocycles. The molecule has 2 rings (SSSR count). The Morgan fingerprint density at radius 3 is 2.76 bits per heavy atom. The summed E-state index contributed by atoms with van der Waals surface area (Å²) in [7, 11) is 1.37. The lowest BCUT2D eigenvalue weighted by molar-refractivity contribution is -0.146. The minimum absolute atomic E-state index is 0.0965. The molecule has 1 aliphatic rings. The third kappa shape index (κ3) is 4.44. The van der Waals surface area contributed by atoms with Gasteiger partial charge in [0.2, 0.25) is 5.91 Å². The molecule has 1 saturated heterocycles. The largest absolute Gasteiger partial charge is 0.468 e. The van der Waals surface area contributed by atoms with Crippen molar-refractivity contribution in [2.75, 3.05) is 20.2 Å². The Bertz CT molecular complexity index is 504. The van der Waals surface area contributed by atoms with Crippen LogP contribution in [0.2, 0.25) is 5.02 Å². The molecule has 114 valence electrons. The van der Waals surface area contributed by atoms with Crippen molar-refractivity contribution in [3.63, 3.8) is 0 Å². The number of ether oxygens (including phenoxy) is 1. The van der Waals surface area contributed by atoms with E-state index in [-0.39, 0.29) is 24.5 Å². The van der Waals surface area contributed by atoms with E-state index in [1.807, 2.05) is 17.0 Å².